The minimum Gasteiger partial charge on any atom is -0.493 e. The van der Waals surface area contributed by atoms with Gasteiger partial charge in [0.1, 0.15) is 23.3 Å². The molecule has 6 heterocycles. The number of nitrogens with zero attached hydrogens (tertiary/aromatic N) is 7. The number of pyridine rings is 1. The molecule has 3 N–H and O–H groups in total. The van der Waals surface area contributed by atoms with Crippen LogP contribution in [0.3, 0.4) is 0 Å². The average molecular weight is 899 g/mol. The van der Waals surface area contributed by atoms with Gasteiger partial charge in [0, 0.05) is 99.5 Å². The van der Waals surface area contributed by atoms with E-state index in [1.165, 1.54) is 25.5 Å². The molecule has 3 aromatic heterocycles. The fourth-order valence-corrected chi connectivity index (χ4v) is 8.60. The molecule has 5 amide bonds. The van der Waals surface area contributed by atoms with Gasteiger partial charge in [-0.1, -0.05) is 13.0 Å². The highest BCUT2D eigenvalue weighted by molar-refractivity contribution is 7.90. The number of piperidine rings is 1. The first-order chi connectivity index (χ1) is 30.7. The Kier molecular flexibility index (Phi) is 11.9. The maximum atomic E-state index is 15.6. The number of aromatic amines is 1. The summed E-state index contributed by atoms with van der Waals surface area (Å²) in [6.45, 7) is 3.45. The van der Waals surface area contributed by atoms with Crippen LogP contribution < -0.4 is 19.7 Å². The minimum absolute atomic E-state index is 0.00354. The van der Waals surface area contributed by atoms with Crippen LogP contribution >= 0.6 is 0 Å². The van der Waals surface area contributed by atoms with Gasteiger partial charge in [-0.05, 0) is 43.2 Å². The Morgan fingerprint density at radius 2 is 1.70 bits per heavy atom. The summed E-state index contributed by atoms with van der Waals surface area (Å²) < 4.78 is 64.5. The summed E-state index contributed by atoms with van der Waals surface area (Å²) in [5, 5.41) is 2.42. The number of nitrogens with one attached hydrogen (secondary N) is 3. The number of amides is 5. The van der Waals surface area contributed by atoms with E-state index >= 15 is 8.78 Å². The fraction of sp³-hybridized carbons (Fsp3) is 0.310. The largest absolute Gasteiger partial charge is 0.493 e. The average Bonchev–Trinajstić information content (AvgIpc) is 3.83. The highest BCUT2D eigenvalue weighted by atomic mass is 32.2. The Labute approximate surface area is 364 Å². The van der Waals surface area contributed by atoms with Crippen LogP contribution in [-0.2, 0) is 24.6 Å². The Hall–Kier alpha value is -7.20. The van der Waals surface area contributed by atoms with E-state index in [4.69, 9.17) is 4.74 Å². The van der Waals surface area contributed by atoms with Crippen LogP contribution in [0, 0.1) is 11.6 Å². The number of benzene rings is 2. The molecule has 0 aliphatic carbocycles. The van der Waals surface area contributed by atoms with Crippen LogP contribution in [0.25, 0.3) is 22.2 Å². The van der Waals surface area contributed by atoms with Crippen LogP contribution in [0.1, 0.15) is 69.2 Å². The van der Waals surface area contributed by atoms with Crippen molar-refractivity contribution in [3.05, 3.63) is 95.1 Å². The second kappa shape index (κ2) is 17.5. The number of carbonyl (C=O) groups is 6. The van der Waals surface area contributed by atoms with Gasteiger partial charge in [0.15, 0.2) is 5.82 Å². The molecule has 19 nitrogen and oxygen atoms in total. The third kappa shape index (κ3) is 8.23. The van der Waals surface area contributed by atoms with Crippen molar-refractivity contribution in [3.8, 4) is 16.9 Å². The number of rotatable bonds is 14. The zero-order valence-electron chi connectivity index (χ0n) is 34.4. The van der Waals surface area contributed by atoms with Crippen molar-refractivity contribution in [2.75, 3.05) is 56.0 Å². The normalized spacial score (nSPS) is 16.7. The molecule has 8 rings (SSSR count). The molecule has 22 heteroatoms. The predicted octanol–water partition coefficient (Wildman–Crippen LogP) is 3.05. The van der Waals surface area contributed by atoms with Crippen molar-refractivity contribution < 1.29 is 50.7 Å². The number of aromatic nitrogens is 4. The summed E-state index contributed by atoms with van der Waals surface area (Å²) in [7, 11) is -2.89. The Bertz CT molecular complexity index is 2850. The first-order valence-electron chi connectivity index (χ1n) is 20.2. The van der Waals surface area contributed by atoms with Gasteiger partial charge in [0.05, 0.1) is 29.0 Å². The van der Waals surface area contributed by atoms with Crippen LogP contribution in [0.15, 0.2) is 61.2 Å². The Morgan fingerprint density at radius 3 is 2.42 bits per heavy atom. The first-order valence-corrected chi connectivity index (χ1v) is 21.7. The molecule has 64 heavy (non-hydrogen) atoms. The number of ketones is 1. The van der Waals surface area contributed by atoms with Crippen molar-refractivity contribution >= 4 is 68.2 Å². The van der Waals surface area contributed by atoms with E-state index in [-0.39, 0.29) is 71.8 Å². The molecule has 2 aromatic carbocycles. The molecule has 1 unspecified atom stereocenters. The quantitative estimate of drug-likeness (QED) is 0.0827. The van der Waals surface area contributed by atoms with Crippen molar-refractivity contribution in [3.63, 3.8) is 0 Å². The van der Waals surface area contributed by atoms with E-state index < -0.39 is 68.5 Å². The molecule has 5 aromatic rings. The lowest BCUT2D eigenvalue weighted by Gasteiger charge is -2.34. The first kappa shape index (κ1) is 43.4. The minimum atomic E-state index is -4.17. The number of ether oxygens (including phenoxy) is 1. The maximum absolute atomic E-state index is 15.6. The Balaban J connectivity index is 0.854. The molecule has 0 saturated carbocycles. The monoisotopic (exact) mass is 898 g/mol. The van der Waals surface area contributed by atoms with Crippen LogP contribution in [-0.4, -0.2) is 130 Å². The summed E-state index contributed by atoms with van der Waals surface area (Å²) >= 11 is 0. The number of halogens is 2. The lowest BCUT2D eigenvalue weighted by molar-refractivity contribution is -0.136. The maximum Gasteiger partial charge on any atom is 0.301 e. The Morgan fingerprint density at radius 1 is 0.969 bits per heavy atom. The zero-order valence-corrected chi connectivity index (χ0v) is 35.2. The van der Waals surface area contributed by atoms with Gasteiger partial charge >= 0.3 is 10.2 Å². The van der Waals surface area contributed by atoms with Gasteiger partial charge in [-0.25, -0.2) is 23.7 Å². The van der Waals surface area contributed by atoms with E-state index in [1.54, 1.807) is 42.4 Å². The standard InChI is InChI=1S/C42H40F2N10O9S/c1-3-51(2)64(61,62)50-29-10-9-28(43)35(36(29)44)37(57)27-22-46-38-26(27)18-23(19-45-38)24-20-47-42(48-21-24)53-15-13-52(14-16-53)33(56)8-5-17-63-31-7-4-6-25-34(31)41(60)54(40(25)59)30-11-12-32(55)49-39(30)58/h4,6-7,9-10,18-22,30,50H,3,5,8,11-17H2,1-2H3,(H,45,46)(H,49,55,58). The van der Waals surface area contributed by atoms with Gasteiger partial charge in [0.2, 0.25) is 29.5 Å². The number of anilines is 2. The molecular formula is C42H40F2N10O9S. The van der Waals surface area contributed by atoms with Crippen LogP contribution in [0.2, 0.25) is 0 Å². The number of piperazine rings is 1. The van der Waals surface area contributed by atoms with E-state index in [1.807, 2.05) is 4.90 Å². The van der Waals surface area contributed by atoms with E-state index in [2.05, 4.69) is 30.0 Å². The van der Waals surface area contributed by atoms with E-state index in [0.29, 0.717) is 49.7 Å². The number of fused-ring (bicyclic) bond motifs is 2. The molecule has 332 valence electrons. The van der Waals surface area contributed by atoms with Gasteiger partial charge in [0.25, 0.3) is 11.8 Å². The molecule has 0 radical (unpaired) electrons. The van der Waals surface area contributed by atoms with Crippen molar-refractivity contribution in [2.45, 2.75) is 38.6 Å². The smallest absolute Gasteiger partial charge is 0.301 e. The molecule has 0 spiro atoms. The molecule has 2 fully saturated rings. The lowest BCUT2D eigenvalue weighted by atomic mass is 10.0. The van der Waals surface area contributed by atoms with Crippen LogP contribution in [0.4, 0.5) is 20.4 Å². The number of H-pyrrole nitrogens is 1. The molecular weight excluding hydrogens is 859 g/mol. The van der Waals surface area contributed by atoms with Crippen molar-refractivity contribution in [2.24, 2.45) is 0 Å². The zero-order chi connectivity index (χ0) is 45.4. The highest BCUT2D eigenvalue weighted by Gasteiger charge is 2.46. The van der Waals surface area contributed by atoms with E-state index in [0.717, 1.165) is 21.3 Å². The van der Waals surface area contributed by atoms with Gasteiger partial charge in [-0.3, -0.25) is 43.7 Å². The lowest BCUT2D eigenvalue weighted by Crippen LogP contribution is -2.54. The topological polar surface area (TPSA) is 237 Å². The third-order valence-corrected chi connectivity index (χ3v) is 12.9. The van der Waals surface area contributed by atoms with E-state index in [9.17, 15) is 37.2 Å². The molecule has 2 saturated heterocycles. The van der Waals surface area contributed by atoms with Crippen LogP contribution in [0.5, 0.6) is 5.75 Å². The second-order valence-corrected chi connectivity index (χ2v) is 17.0. The number of hydrogen-bond donors (Lipinski definition) is 3. The molecule has 3 aliphatic heterocycles. The van der Waals surface area contributed by atoms with Gasteiger partial charge in [-0.15, -0.1) is 0 Å². The molecule has 3 aliphatic rings. The van der Waals surface area contributed by atoms with Crippen molar-refractivity contribution in [1.82, 2.24) is 39.4 Å². The number of imide groups is 2. The van der Waals surface area contributed by atoms with Gasteiger partial charge in [-0.2, -0.15) is 12.7 Å². The highest BCUT2D eigenvalue weighted by Crippen LogP contribution is 2.34. The van der Waals surface area contributed by atoms with Crippen molar-refractivity contribution in [1.29, 1.82) is 0 Å². The third-order valence-electron chi connectivity index (χ3n) is 11.3. The summed E-state index contributed by atoms with van der Waals surface area (Å²) in [6.07, 6.45) is 6.45. The predicted molar refractivity (Wildman–Crippen MR) is 224 cm³/mol. The van der Waals surface area contributed by atoms with Gasteiger partial charge < -0.3 is 19.5 Å². The molecule has 0 bridgehead atoms. The summed E-state index contributed by atoms with van der Waals surface area (Å²) in [5.74, 6) is -5.59. The SMILES string of the molecule is CCN(C)S(=O)(=O)Nc1ccc(F)c(C(=O)c2c[nH]c3ncc(-c4cnc(N5CCN(C(=O)CCCOc6cccc7c6C(=O)N(C6CCC(=O)NC6=O)C7=O)CC5)nc4)cc23)c1F. The second-order valence-electron chi connectivity index (χ2n) is 15.2. The number of carbonyl (C=O) groups excluding carboxylic acids is 6. The fourth-order valence-electron chi connectivity index (χ4n) is 7.67. The number of hydrogen-bond acceptors (Lipinski definition) is 13. The summed E-state index contributed by atoms with van der Waals surface area (Å²) in [4.78, 5) is 98.0. The summed E-state index contributed by atoms with van der Waals surface area (Å²) in [6, 6.07) is 6.80. The molecule has 1 atom stereocenters. The summed E-state index contributed by atoms with van der Waals surface area (Å²) in [5.41, 5.74) is -0.195.